The van der Waals surface area contributed by atoms with E-state index in [0.717, 1.165) is 6.42 Å². The normalized spacial score (nSPS) is 25.5. The Balaban J connectivity index is 0.00000312. The van der Waals surface area contributed by atoms with Crippen molar-refractivity contribution in [1.82, 2.24) is 5.32 Å². The number of amides is 1. The van der Waals surface area contributed by atoms with E-state index in [-0.39, 0.29) is 35.9 Å². The van der Waals surface area contributed by atoms with E-state index >= 15 is 0 Å². The van der Waals surface area contributed by atoms with Gasteiger partial charge in [0.2, 0.25) is 5.91 Å². The van der Waals surface area contributed by atoms with Gasteiger partial charge in [-0.3, -0.25) is 4.79 Å². The first kappa shape index (κ1) is 21.9. The highest BCUT2D eigenvalue weighted by atomic mass is 35.5. The highest BCUT2D eigenvalue weighted by Gasteiger charge is 2.62. The van der Waals surface area contributed by atoms with Crippen LogP contribution in [-0.2, 0) is 16.0 Å². The number of hydrogen-bond acceptors (Lipinski definition) is 3. The molecule has 3 atom stereocenters. The lowest BCUT2D eigenvalue weighted by Crippen LogP contribution is -2.76. The van der Waals surface area contributed by atoms with Crippen molar-refractivity contribution in [2.24, 2.45) is 11.1 Å². The van der Waals surface area contributed by atoms with Crippen molar-refractivity contribution in [2.75, 3.05) is 6.61 Å². The number of rotatable bonds is 6. The molecule has 3 unspecified atom stereocenters. The Kier molecular flexibility index (Phi) is 7.08. The van der Waals surface area contributed by atoms with Crippen molar-refractivity contribution in [3.8, 4) is 0 Å². The summed E-state index contributed by atoms with van der Waals surface area (Å²) in [4.78, 5) is 12.8. The second kappa shape index (κ2) is 8.07. The molecule has 0 spiro atoms. The molecule has 1 saturated carbocycles. The zero-order valence-corrected chi connectivity index (χ0v) is 17.1. The van der Waals surface area contributed by atoms with E-state index in [4.69, 9.17) is 10.5 Å². The lowest BCUT2D eigenvalue weighted by molar-refractivity contribution is -0.171. The smallest absolute Gasteiger partial charge is 0.241 e. The summed E-state index contributed by atoms with van der Waals surface area (Å²) in [6.07, 6.45) is 1.43. The quantitative estimate of drug-likeness (QED) is 0.809. The van der Waals surface area contributed by atoms with Crippen LogP contribution in [0.5, 0.6) is 0 Å². The molecule has 1 amide bonds. The van der Waals surface area contributed by atoms with Gasteiger partial charge < -0.3 is 15.8 Å². The molecule has 0 radical (unpaired) electrons. The summed E-state index contributed by atoms with van der Waals surface area (Å²) in [7, 11) is 0. The first-order valence-corrected chi connectivity index (χ1v) is 8.88. The fourth-order valence-electron chi connectivity index (χ4n) is 3.76. The fourth-order valence-corrected chi connectivity index (χ4v) is 3.76. The summed E-state index contributed by atoms with van der Waals surface area (Å²) in [6.45, 7) is 12.9. The molecular formula is C20H33ClN2O2. The Morgan fingerprint density at radius 2 is 1.88 bits per heavy atom. The summed E-state index contributed by atoms with van der Waals surface area (Å²) in [5.74, 6) is -0.0691. The standard InChI is InChI=1S/C20H32N2O2.ClH/c1-7-24-17-12-20(21,19(17,5)6)18(23)22-15(4)11-16-9-13(2)8-14(3)10-16;/h8-10,15,17H,7,11-12,21H2,1-6H3,(H,22,23);1H. The Morgan fingerprint density at radius 3 is 2.36 bits per heavy atom. The van der Waals surface area contributed by atoms with Gasteiger partial charge in [0, 0.05) is 24.5 Å². The van der Waals surface area contributed by atoms with E-state index in [1.807, 2.05) is 27.7 Å². The first-order valence-electron chi connectivity index (χ1n) is 8.88. The van der Waals surface area contributed by atoms with Crippen molar-refractivity contribution in [3.63, 3.8) is 0 Å². The van der Waals surface area contributed by atoms with Crippen LogP contribution in [0.2, 0.25) is 0 Å². The molecule has 4 nitrogen and oxygen atoms in total. The second-order valence-corrected chi connectivity index (χ2v) is 7.92. The van der Waals surface area contributed by atoms with Gasteiger partial charge in [0.1, 0.15) is 5.54 Å². The van der Waals surface area contributed by atoms with Gasteiger partial charge in [-0.25, -0.2) is 0 Å². The lowest BCUT2D eigenvalue weighted by Gasteiger charge is -2.57. The van der Waals surface area contributed by atoms with Crippen LogP contribution in [0.15, 0.2) is 18.2 Å². The molecule has 1 aromatic rings. The molecule has 0 aromatic heterocycles. The van der Waals surface area contributed by atoms with Crippen LogP contribution in [0.25, 0.3) is 0 Å². The largest absolute Gasteiger partial charge is 0.378 e. The van der Waals surface area contributed by atoms with E-state index in [1.54, 1.807) is 0 Å². The molecule has 142 valence electrons. The van der Waals surface area contributed by atoms with Crippen LogP contribution in [0.3, 0.4) is 0 Å². The maximum atomic E-state index is 12.8. The van der Waals surface area contributed by atoms with Crippen LogP contribution in [0.4, 0.5) is 0 Å². The number of benzene rings is 1. The van der Waals surface area contributed by atoms with E-state index in [0.29, 0.717) is 13.0 Å². The Labute approximate surface area is 158 Å². The van der Waals surface area contributed by atoms with Crippen LogP contribution < -0.4 is 11.1 Å². The minimum atomic E-state index is -0.858. The topological polar surface area (TPSA) is 64.3 Å². The van der Waals surface area contributed by atoms with Gasteiger partial charge in [-0.2, -0.15) is 0 Å². The number of nitrogens with one attached hydrogen (secondary N) is 1. The molecule has 0 saturated heterocycles. The van der Waals surface area contributed by atoms with Gasteiger partial charge >= 0.3 is 0 Å². The third-order valence-corrected chi connectivity index (χ3v) is 5.44. The molecule has 25 heavy (non-hydrogen) atoms. The van der Waals surface area contributed by atoms with Gasteiger partial charge in [-0.05, 0) is 39.7 Å². The predicted octanol–water partition coefficient (Wildman–Crippen LogP) is 3.30. The number of hydrogen-bond donors (Lipinski definition) is 2. The molecule has 5 heteroatoms. The van der Waals surface area contributed by atoms with E-state index in [1.165, 1.54) is 16.7 Å². The van der Waals surface area contributed by atoms with Crippen molar-refractivity contribution in [1.29, 1.82) is 0 Å². The summed E-state index contributed by atoms with van der Waals surface area (Å²) < 4.78 is 5.71. The number of carbonyl (C=O) groups is 1. The number of ether oxygens (including phenoxy) is 1. The van der Waals surface area contributed by atoms with E-state index in [9.17, 15) is 4.79 Å². The SMILES string of the molecule is CCOC1CC(N)(C(=O)NC(C)Cc2cc(C)cc(C)c2)C1(C)C.Cl. The summed E-state index contributed by atoms with van der Waals surface area (Å²) in [6, 6.07) is 6.55. The monoisotopic (exact) mass is 368 g/mol. The summed E-state index contributed by atoms with van der Waals surface area (Å²) >= 11 is 0. The summed E-state index contributed by atoms with van der Waals surface area (Å²) in [5, 5.41) is 3.11. The van der Waals surface area contributed by atoms with Crippen LogP contribution in [0, 0.1) is 19.3 Å². The van der Waals surface area contributed by atoms with Crippen molar-refractivity contribution in [3.05, 3.63) is 34.9 Å². The van der Waals surface area contributed by atoms with Crippen LogP contribution >= 0.6 is 12.4 Å². The third-order valence-electron chi connectivity index (χ3n) is 5.44. The van der Waals surface area contributed by atoms with Crippen LogP contribution in [-0.4, -0.2) is 30.2 Å². The zero-order chi connectivity index (χ0) is 18.1. The Bertz CT molecular complexity index is 597. The summed E-state index contributed by atoms with van der Waals surface area (Å²) in [5.41, 5.74) is 8.97. The number of nitrogens with two attached hydrogens (primary N) is 1. The number of aryl methyl sites for hydroxylation is 2. The zero-order valence-electron chi connectivity index (χ0n) is 16.3. The minimum absolute atomic E-state index is 0. The molecule has 1 fully saturated rings. The first-order chi connectivity index (χ1) is 11.1. The molecule has 0 aliphatic heterocycles. The highest BCUT2D eigenvalue weighted by molar-refractivity contribution is 5.89. The fraction of sp³-hybridized carbons (Fsp3) is 0.650. The molecule has 1 aromatic carbocycles. The maximum Gasteiger partial charge on any atom is 0.241 e. The lowest BCUT2D eigenvalue weighted by atomic mass is 9.54. The van der Waals surface area contributed by atoms with E-state index in [2.05, 4.69) is 37.4 Å². The highest BCUT2D eigenvalue weighted by Crippen LogP contribution is 2.49. The van der Waals surface area contributed by atoms with Gasteiger partial charge in [0.25, 0.3) is 0 Å². The van der Waals surface area contributed by atoms with Gasteiger partial charge in [-0.15, -0.1) is 12.4 Å². The Hall–Kier alpha value is -1.10. The minimum Gasteiger partial charge on any atom is -0.378 e. The number of carbonyl (C=O) groups excluding carboxylic acids is 1. The van der Waals surface area contributed by atoms with Crippen molar-refractivity contribution >= 4 is 18.3 Å². The molecule has 1 aliphatic carbocycles. The maximum absolute atomic E-state index is 12.8. The Morgan fingerprint density at radius 1 is 1.32 bits per heavy atom. The molecule has 3 N–H and O–H groups in total. The molecule has 1 aliphatic rings. The average molecular weight is 369 g/mol. The van der Waals surface area contributed by atoms with Gasteiger partial charge in [0.15, 0.2) is 0 Å². The van der Waals surface area contributed by atoms with Crippen molar-refractivity contribution < 1.29 is 9.53 Å². The number of halogens is 1. The molecule has 0 bridgehead atoms. The molecular weight excluding hydrogens is 336 g/mol. The van der Waals surface area contributed by atoms with E-state index < -0.39 is 5.54 Å². The van der Waals surface area contributed by atoms with Gasteiger partial charge in [0.05, 0.1) is 6.10 Å². The van der Waals surface area contributed by atoms with Crippen LogP contribution in [0.1, 0.15) is 50.8 Å². The average Bonchev–Trinajstić information content (AvgIpc) is 2.45. The van der Waals surface area contributed by atoms with Gasteiger partial charge in [-0.1, -0.05) is 43.2 Å². The predicted molar refractivity (Wildman–Crippen MR) is 105 cm³/mol. The third kappa shape index (κ3) is 4.36. The molecule has 2 rings (SSSR count). The van der Waals surface area contributed by atoms with Crippen molar-refractivity contribution in [2.45, 2.75) is 72.1 Å². The second-order valence-electron chi connectivity index (χ2n) is 7.92. The molecule has 0 heterocycles.